The molecule has 0 aromatic carbocycles. The van der Waals surface area contributed by atoms with Crippen LogP contribution in [0.3, 0.4) is 0 Å². The van der Waals surface area contributed by atoms with Crippen LogP contribution in [0.4, 0.5) is 0 Å². The molecule has 15 heteroatoms. The summed E-state index contributed by atoms with van der Waals surface area (Å²) >= 11 is 0. The molecular formula is C9H17NNa4O8P2. The van der Waals surface area contributed by atoms with Crippen LogP contribution < -0.4 is 144 Å². The fourth-order valence-corrected chi connectivity index (χ4v) is 4.29. The smallest absolute Gasteiger partial charge is 0.810 e. The summed E-state index contributed by atoms with van der Waals surface area (Å²) < 4.78 is 32.1. The van der Waals surface area contributed by atoms with Crippen molar-refractivity contribution in [2.75, 3.05) is 13.2 Å². The number of hydrogen-bond donors (Lipinski definition) is 1. The van der Waals surface area contributed by atoms with E-state index in [0.717, 1.165) is 12.8 Å². The van der Waals surface area contributed by atoms with Crippen molar-refractivity contribution in [2.24, 2.45) is 5.73 Å². The summed E-state index contributed by atoms with van der Waals surface area (Å²) in [6.45, 7) is 0.344. The molecule has 0 bridgehead atoms. The van der Waals surface area contributed by atoms with Gasteiger partial charge in [0.05, 0.1) is 6.61 Å². The van der Waals surface area contributed by atoms with Gasteiger partial charge in [-0.2, -0.15) is 0 Å². The third kappa shape index (κ3) is 15.1. The summed E-state index contributed by atoms with van der Waals surface area (Å²) in [7, 11) is -11.1. The monoisotopic (exact) mass is 421 g/mol. The molecule has 2 N–H and O–H groups in total. The summed E-state index contributed by atoms with van der Waals surface area (Å²) in [5.41, 5.74) is 5.51. The molecule has 1 aliphatic rings. The van der Waals surface area contributed by atoms with Gasteiger partial charge in [0.25, 0.3) is 0 Å². The van der Waals surface area contributed by atoms with Crippen molar-refractivity contribution < 1.29 is 156 Å². The van der Waals surface area contributed by atoms with Crippen LogP contribution >= 0.6 is 15.2 Å². The third-order valence-corrected chi connectivity index (χ3v) is 6.46. The van der Waals surface area contributed by atoms with Crippen LogP contribution in [0.5, 0.6) is 0 Å². The average Bonchev–Trinajstić information content (AvgIpc) is 2.32. The number of hydrogen-bond acceptors (Lipinski definition) is 9. The van der Waals surface area contributed by atoms with E-state index in [2.05, 4.69) is 0 Å². The number of ether oxygens (including phenoxy) is 2. The van der Waals surface area contributed by atoms with E-state index in [1.165, 1.54) is 0 Å². The first-order valence-electron chi connectivity index (χ1n) is 6.13. The maximum absolute atomic E-state index is 10.8. The second-order valence-corrected chi connectivity index (χ2v) is 8.50. The van der Waals surface area contributed by atoms with Crippen molar-refractivity contribution in [3.63, 3.8) is 0 Å². The second-order valence-electron chi connectivity index (χ2n) is 4.69. The Labute approximate surface area is 230 Å². The predicted octanol–water partition coefficient (Wildman–Crippen LogP) is -14.6. The quantitative estimate of drug-likeness (QED) is 0.310. The van der Waals surface area contributed by atoms with E-state index in [-0.39, 0.29) is 125 Å². The standard InChI is InChI=1S/C9H21NO8P2.4Na/c10-7(6-18-8-3-1-2-4-17-8)5-9(19(11,12)13)20(14,15)16;;;;/h7-9H,1-6,10H2,(H2,11,12,13)(H2,14,15,16);;;;/q;4*+1/p-4. The molecule has 0 saturated carbocycles. The second kappa shape index (κ2) is 16.9. The van der Waals surface area contributed by atoms with Crippen LogP contribution in [-0.4, -0.2) is 30.9 Å². The van der Waals surface area contributed by atoms with Gasteiger partial charge in [0.1, 0.15) is 0 Å². The minimum atomic E-state index is -5.56. The van der Waals surface area contributed by atoms with Gasteiger partial charge < -0.3 is 43.9 Å². The molecule has 0 spiro atoms. The SMILES string of the molecule is NC(COC1CCCCO1)CC(P(=O)([O-])[O-])P(=O)([O-])[O-].[Na+].[Na+].[Na+].[Na+]. The molecular weight excluding hydrogens is 404 g/mol. The van der Waals surface area contributed by atoms with Gasteiger partial charge in [0, 0.05) is 18.0 Å². The van der Waals surface area contributed by atoms with E-state index in [0.29, 0.717) is 13.0 Å². The third-order valence-electron chi connectivity index (χ3n) is 2.88. The van der Waals surface area contributed by atoms with Gasteiger partial charge in [-0.15, -0.1) is 0 Å². The van der Waals surface area contributed by atoms with Gasteiger partial charge in [0.2, 0.25) is 0 Å². The summed E-state index contributed by atoms with van der Waals surface area (Å²) in [5.74, 6) is 0. The molecule has 24 heavy (non-hydrogen) atoms. The van der Waals surface area contributed by atoms with Crippen molar-refractivity contribution in [3.05, 3.63) is 0 Å². The van der Waals surface area contributed by atoms with Crippen molar-refractivity contribution in [1.29, 1.82) is 0 Å². The number of rotatable bonds is 7. The van der Waals surface area contributed by atoms with Crippen LogP contribution in [0.2, 0.25) is 0 Å². The van der Waals surface area contributed by atoms with E-state index >= 15 is 0 Å². The topological polar surface area (TPSA) is 171 Å². The average molecular weight is 421 g/mol. The van der Waals surface area contributed by atoms with Crippen LogP contribution in [-0.2, 0) is 18.6 Å². The molecule has 1 heterocycles. The molecule has 0 radical (unpaired) electrons. The van der Waals surface area contributed by atoms with E-state index < -0.39 is 39.3 Å². The zero-order valence-corrected chi connectivity index (χ0v) is 24.5. The van der Waals surface area contributed by atoms with Crippen LogP contribution in [0, 0.1) is 0 Å². The zero-order valence-electron chi connectivity index (χ0n) is 14.7. The van der Waals surface area contributed by atoms with E-state index in [4.69, 9.17) is 15.2 Å². The first-order chi connectivity index (χ1) is 9.10. The Morgan fingerprint density at radius 1 is 1.04 bits per heavy atom. The molecule has 0 amide bonds. The Morgan fingerprint density at radius 3 is 1.92 bits per heavy atom. The van der Waals surface area contributed by atoms with Gasteiger partial charge in [-0.25, -0.2) is 0 Å². The molecule has 9 nitrogen and oxygen atoms in total. The molecule has 0 aliphatic carbocycles. The van der Waals surface area contributed by atoms with Gasteiger partial charge in [-0.05, 0) is 25.7 Å². The van der Waals surface area contributed by atoms with E-state index in [1.54, 1.807) is 0 Å². The maximum atomic E-state index is 10.8. The van der Waals surface area contributed by atoms with Crippen molar-refractivity contribution >= 4 is 15.2 Å². The molecule has 0 aromatic rings. The van der Waals surface area contributed by atoms with Gasteiger partial charge in [-0.3, -0.25) is 0 Å². The summed E-state index contributed by atoms with van der Waals surface area (Å²) in [4.78, 5) is 43.2. The fourth-order valence-electron chi connectivity index (χ4n) is 1.84. The van der Waals surface area contributed by atoms with Gasteiger partial charge in [-0.1, -0.05) is 15.2 Å². The van der Waals surface area contributed by atoms with Crippen LogP contribution in [0.25, 0.3) is 0 Å². The molecule has 1 rings (SSSR count). The Balaban J connectivity index is -0.000000500. The largest absolute Gasteiger partial charge is 1.00 e. The Bertz CT molecular complexity index is 381. The molecule has 1 aliphatic heterocycles. The van der Waals surface area contributed by atoms with E-state index in [9.17, 15) is 28.7 Å². The van der Waals surface area contributed by atoms with Gasteiger partial charge >= 0.3 is 118 Å². The fraction of sp³-hybridized carbons (Fsp3) is 1.00. The summed E-state index contributed by atoms with van der Waals surface area (Å²) in [5, 5.41) is -2.54. The Kier molecular flexibility index (Phi) is 25.1. The first kappa shape index (κ1) is 35.6. The van der Waals surface area contributed by atoms with Crippen LogP contribution in [0.1, 0.15) is 25.7 Å². The molecule has 0 aromatic heterocycles. The molecule has 2 atom stereocenters. The normalized spacial score (nSPS) is 19.2. The maximum Gasteiger partial charge on any atom is 1.00 e. The molecule has 1 saturated heterocycles. The summed E-state index contributed by atoms with van der Waals surface area (Å²) in [6, 6.07) is -1.06. The molecule has 120 valence electrons. The van der Waals surface area contributed by atoms with Crippen molar-refractivity contribution in [2.45, 2.75) is 43.4 Å². The molecule has 2 unspecified atom stereocenters. The minimum absolute atomic E-state index is 0. The minimum Gasteiger partial charge on any atom is -0.810 e. The van der Waals surface area contributed by atoms with E-state index in [1.807, 2.05) is 0 Å². The van der Waals surface area contributed by atoms with Crippen molar-refractivity contribution in [3.8, 4) is 0 Å². The summed E-state index contributed by atoms with van der Waals surface area (Å²) in [6.07, 6.45) is 1.22. The van der Waals surface area contributed by atoms with Gasteiger partial charge in [0.15, 0.2) is 6.29 Å². The Morgan fingerprint density at radius 2 is 1.54 bits per heavy atom. The zero-order chi connectivity index (χ0) is 15.4. The van der Waals surface area contributed by atoms with Crippen molar-refractivity contribution in [1.82, 2.24) is 0 Å². The molecule has 1 fully saturated rings. The predicted molar refractivity (Wildman–Crippen MR) is 61.1 cm³/mol. The van der Waals surface area contributed by atoms with Crippen LogP contribution in [0.15, 0.2) is 0 Å². The Hall–Kier alpha value is 4.18. The first-order valence-corrected chi connectivity index (χ1v) is 9.35. The number of nitrogens with two attached hydrogens (primary N) is 1.